The summed E-state index contributed by atoms with van der Waals surface area (Å²) in [6, 6.07) is 8.63. The number of benzene rings is 2. The highest BCUT2D eigenvalue weighted by Gasteiger charge is 2.31. The van der Waals surface area contributed by atoms with Crippen molar-refractivity contribution >= 4 is 16.6 Å². The maximum atomic E-state index is 13.0. The first kappa shape index (κ1) is 21.9. The van der Waals surface area contributed by atoms with Gasteiger partial charge in [-0.2, -0.15) is 13.2 Å². The zero-order chi connectivity index (χ0) is 22.9. The number of aromatic amines is 1. The molecular weight excluding hydrogens is 425 g/mol. The van der Waals surface area contributed by atoms with Gasteiger partial charge in [0.05, 0.1) is 37.2 Å². The van der Waals surface area contributed by atoms with Gasteiger partial charge >= 0.3 is 6.18 Å². The van der Waals surface area contributed by atoms with Crippen LogP contribution in [0.5, 0.6) is 11.5 Å². The molecule has 32 heavy (non-hydrogen) atoms. The molecule has 1 aliphatic rings. The average Bonchev–Trinajstić information content (AvgIpc) is 2.78. The van der Waals surface area contributed by atoms with E-state index in [1.807, 2.05) is 4.90 Å². The lowest BCUT2D eigenvalue weighted by atomic mass is 10.1. The normalized spacial score (nSPS) is 15.2. The van der Waals surface area contributed by atoms with Gasteiger partial charge in [-0.25, -0.2) is 4.98 Å². The second-order valence-corrected chi connectivity index (χ2v) is 7.55. The Labute approximate surface area is 182 Å². The highest BCUT2D eigenvalue weighted by molar-refractivity contribution is 5.81. The Kier molecular flexibility index (Phi) is 5.96. The molecule has 0 radical (unpaired) electrons. The molecule has 1 fully saturated rings. The van der Waals surface area contributed by atoms with Crippen molar-refractivity contribution in [2.75, 3.05) is 45.3 Å². The van der Waals surface area contributed by atoms with Gasteiger partial charge in [0.25, 0.3) is 5.56 Å². The lowest BCUT2D eigenvalue weighted by Crippen LogP contribution is -2.46. The maximum Gasteiger partial charge on any atom is 0.416 e. The number of halogens is 3. The molecule has 170 valence electrons. The first-order valence-electron chi connectivity index (χ1n) is 10.1. The molecule has 7 nitrogen and oxygen atoms in total. The number of nitrogens with zero attached hydrogens (tertiary/aromatic N) is 3. The van der Waals surface area contributed by atoms with E-state index in [4.69, 9.17) is 9.47 Å². The SMILES string of the molecule is COc1cc2nc(CN3CCN(c4cccc(C(F)(F)F)c4)CC3)[nH]c(=O)c2cc1OC. The number of hydrogen-bond acceptors (Lipinski definition) is 6. The summed E-state index contributed by atoms with van der Waals surface area (Å²) in [5, 5.41) is 0.403. The van der Waals surface area contributed by atoms with Crippen LogP contribution in [0, 0.1) is 0 Å². The van der Waals surface area contributed by atoms with Gasteiger partial charge in [0.15, 0.2) is 11.5 Å². The third-order valence-corrected chi connectivity index (χ3v) is 5.54. The Balaban J connectivity index is 1.47. The highest BCUT2D eigenvalue weighted by atomic mass is 19.4. The van der Waals surface area contributed by atoms with E-state index < -0.39 is 11.7 Å². The Bertz CT molecular complexity index is 1170. The number of rotatable bonds is 5. The van der Waals surface area contributed by atoms with Gasteiger partial charge in [-0.1, -0.05) is 6.07 Å². The summed E-state index contributed by atoms with van der Waals surface area (Å²) in [4.78, 5) is 24.0. The largest absolute Gasteiger partial charge is 0.493 e. The molecule has 10 heteroatoms. The van der Waals surface area contributed by atoms with Crippen molar-refractivity contribution in [1.29, 1.82) is 0 Å². The van der Waals surface area contributed by atoms with Crippen molar-refractivity contribution in [1.82, 2.24) is 14.9 Å². The molecule has 0 spiro atoms. The van der Waals surface area contributed by atoms with E-state index in [0.717, 1.165) is 6.07 Å². The third kappa shape index (κ3) is 4.50. The lowest BCUT2D eigenvalue weighted by Gasteiger charge is -2.36. The van der Waals surface area contributed by atoms with E-state index in [-0.39, 0.29) is 5.56 Å². The van der Waals surface area contributed by atoms with Crippen molar-refractivity contribution in [3.63, 3.8) is 0 Å². The molecule has 0 amide bonds. The summed E-state index contributed by atoms with van der Waals surface area (Å²) in [6.45, 7) is 2.83. The summed E-state index contributed by atoms with van der Waals surface area (Å²) in [5.41, 5.74) is 0.137. The van der Waals surface area contributed by atoms with E-state index >= 15 is 0 Å². The molecule has 2 heterocycles. The maximum absolute atomic E-state index is 13.0. The van der Waals surface area contributed by atoms with Crippen LogP contribution in [-0.4, -0.2) is 55.3 Å². The highest BCUT2D eigenvalue weighted by Crippen LogP contribution is 2.32. The zero-order valence-electron chi connectivity index (χ0n) is 17.7. The molecular formula is C22H23F3N4O3. The molecule has 0 saturated carbocycles. The molecule has 0 atom stereocenters. The van der Waals surface area contributed by atoms with Crippen molar-refractivity contribution < 1.29 is 22.6 Å². The van der Waals surface area contributed by atoms with Crippen LogP contribution in [0.1, 0.15) is 11.4 Å². The molecule has 1 N–H and O–H groups in total. The minimum atomic E-state index is -4.36. The topological polar surface area (TPSA) is 70.7 Å². The fourth-order valence-corrected chi connectivity index (χ4v) is 3.84. The molecule has 3 aromatic rings. The molecule has 0 bridgehead atoms. The number of H-pyrrole nitrogens is 1. The first-order valence-corrected chi connectivity index (χ1v) is 10.1. The van der Waals surface area contributed by atoms with E-state index in [2.05, 4.69) is 14.9 Å². The van der Waals surface area contributed by atoms with Crippen LogP contribution in [0.3, 0.4) is 0 Å². The number of nitrogens with one attached hydrogen (secondary N) is 1. The van der Waals surface area contributed by atoms with Crippen LogP contribution in [0.4, 0.5) is 18.9 Å². The number of anilines is 1. The second-order valence-electron chi connectivity index (χ2n) is 7.55. The van der Waals surface area contributed by atoms with Gasteiger partial charge in [-0.05, 0) is 24.3 Å². The van der Waals surface area contributed by atoms with Crippen LogP contribution >= 0.6 is 0 Å². The molecule has 0 aliphatic carbocycles. The van der Waals surface area contributed by atoms with E-state index in [1.165, 1.54) is 26.4 Å². The molecule has 1 aliphatic heterocycles. The first-order chi connectivity index (χ1) is 15.3. The summed E-state index contributed by atoms with van der Waals surface area (Å²) in [6.07, 6.45) is -4.36. The van der Waals surface area contributed by atoms with Gasteiger partial charge in [-0.15, -0.1) is 0 Å². The zero-order valence-corrected chi connectivity index (χ0v) is 17.7. The lowest BCUT2D eigenvalue weighted by molar-refractivity contribution is -0.137. The second kappa shape index (κ2) is 8.70. The quantitative estimate of drug-likeness (QED) is 0.646. The third-order valence-electron chi connectivity index (χ3n) is 5.54. The van der Waals surface area contributed by atoms with Crippen LogP contribution in [0.25, 0.3) is 10.9 Å². The number of ether oxygens (including phenoxy) is 2. The Morgan fingerprint density at radius 2 is 1.72 bits per heavy atom. The Hall–Kier alpha value is -3.27. The van der Waals surface area contributed by atoms with Crippen molar-refractivity contribution in [3.8, 4) is 11.5 Å². The summed E-state index contributed by atoms with van der Waals surface area (Å²) in [5.74, 6) is 1.45. The molecule has 0 unspecified atom stereocenters. The minimum absolute atomic E-state index is 0.270. The van der Waals surface area contributed by atoms with Gasteiger partial charge in [0, 0.05) is 37.9 Å². The van der Waals surface area contributed by atoms with Crippen molar-refractivity contribution in [2.24, 2.45) is 0 Å². The summed E-state index contributed by atoms with van der Waals surface area (Å²) in [7, 11) is 3.01. The van der Waals surface area contributed by atoms with Crippen LogP contribution in [0.15, 0.2) is 41.2 Å². The molecule has 4 rings (SSSR count). The number of alkyl halides is 3. The smallest absolute Gasteiger partial charge is 0.416 e. The number of fused-ring (bicyclic) bond motifs is 1. The van der Waals surface area contributed by atoms with Gasteiger partial charge in [0.2, 0.25) is 0 Å². The predicted molar refractivity (Wildman–Crippen MR) is 114 cm³/mol. The number of piperazine rings is 1. The van der Waals surface area contributed by atoms with E-state index in [9.17, 15) is 18.0 Å². The Morgan fingerprint density at radius 3 is 2.38 bits per heavy atom. The number of aromatic nitrogens is 2. The van der Waals surface area contributed by atoms with E-state index in [1.54, 1.807) is 18.2 Å². The average molecular weight is 448 g/mol. The van der Waals surface area contributed by atoms with Crippen LogP contribution < -0.4 is 19.9 Å². The monoisotopic (exact) mass is 448 g/mol. The van der Waals surface area contributed by atoms with Gasteiger partial charge in [0.1, 0.15) is 5.82 Å². The van der Waals surface area contributed by atoms with Crippen LogP contribution in [-0.2, 0) is 12.7 Å². The number of methoxy groups -OCH3 is 2. The predicted octanol–water partition coefficient (Wildman–Crippen LogP) is 3.28. The summed E-state index contributed by atoms with van der Waals surface area (Å²) >= 11 is 0. The molecule has 1 aromatic heterocycles. The summed E-state index contributed by atoms with van der Waals surface area (Å²) < 4.78 is 49.5. The minimum Gasteiger partial charge on any atom is -0.493 e. The molecule has 2 aromatic carbocycles. The number of hydrogen-bond donors (Lipinski definition) is 1. The van der Waals surface area contributed by atoms with Crippen molar-refractivity contribution in [3.05, 3.63) is 58.1 Å². The van der Waals surface area contributed by atoms with Gasteiger partial charge in [-0.3, -0.25) is 9.69 Å². The van der Waals surface area contributed by atoms with Gasteiger partial charge < -0.3 is 19.4 Å². The standard InChI is InChI=1S/C22H23F3N4O3/c1-31-18-11-16-17(12-19(18)32-2)26-20(27-21(16)30)13-28-6-8-29(9-7-28)15-5-3-4-14(10-15)22(23,24)25/h3-5,10-12H,6-9,13H2,1-2H3,(H,26,27,30). The van der Waals surface area contributed by atoms with E-state index in [0.29, 0.717) is 66.6 Å². The fourth-order valence-electron chi connectivity index (χ4n) is 3.84. The van der Waals surface area contributed by atoms with Crippen molar-refractivity contribution in [2.45, 2.75) is 12.7 Å². The molecule has 1 saturated heterocycles. The Morgan fingerprint density at radius 1 is 1.03 bits per heavy atom. The fraction of sp³-hybridized carbons (Fsp3) is 0.364. The van der Waals surface area contributed by atoms with Crippen LogP contribution in [0.2, 0.25) is 0 Å².